The number of allylic oxidation sites excluding steroid dienone is 2. The van der Waals surface area contributed by atoms with Crippen molar-refractivity contribution in [1.82, 2.24) is 4.90 Å². The average molecular weight is 352 g/mol. The third-order valence-corrected chi connectivity index (χ3v) is 6.07. The number of nitrogens with zero attached hydrogens (tertiary/aromatic N) is 1. The maximum atomic E-state index is 12.7. The molecule has 3 aliphatic carbocycles. The van der Waals surface area contributed by atoms with Crippen molar-refractivity contribution in [3.8, 4) is 0 Å². The molecule has 0 unspecified atom stereocenters. The molecule has 5 nitrogen and oxygen atoms in total. The van der Waals surface area contributed by atoms with E-state index in [0.29, 0.717) is 0 Å². The molecule has 26 heavy (non-hydrogen) atoms. The van der Waals surface area contributed by atoms with Crippen LogP contribution in [0.25, 0.3) is 0 Å². The number of amides is 3. The lowest BCUT2D eigenvalue weighted by Crippen LogP contribution is -2.38. The van der Waals surface area contributed by atoms with E-state index in [-0.39, 0.29) is 54.4 Å². The van der Waals surface area contributed by atoms with Gasteiger partial charge in [0.15, 0.2) is 0 Å². The van der Waals surface area contributed by atoms with Crippen LogP contribution < -0.4 is 5.32 Å². The number of imide groups is 1. The number of carbonyl (C=O) groups is 3. The summed E-state index contributed by atoms with van der Waals surface area (Å²) >= 11 is 0. The lowest BCUT2D eigenvalue weighted by atomic mass is 9.63. The molecule has 1 aliphatic heterocycles. The van der Waals surface area contributed by atoms with E-state index in [0.717, 1.165) is 29.7 Å². The number of aryl methyl sites for hydroxylation is 2. The highest BCUT2D eigenvalue weighted by atomic mass is 16.2. The number of hydrogen-bond donors (Lipinski definition) is 1. The maximum absolute atomic E-state index is 12.7. The Bertz CT molecular complexity index is 781. The van der Waals surface area contributed by atoms with Gasteiger partial charge in [-0.3, -0.25) is 19.3 Å². The van der Waals surface area contributed by atoms with Gasteiger partial charge in [0.2, 0.25) is 17.7 Å². The zero-order valence-electron chi connectivity index (χ0n) is 15.2. The van der Waals surface area contributed by atoms with E-state index in [2.05, 4.69) is 17.5 Å². The van der Waals surface area contributed by atoms with Gasteiger partial charge in [-0.05, 0) is 50.2 Å². The molecule has 1 aromatic carbocycles. The summed E-state index contributed by atoms with van der Waals surface area (Å²) in [6, 6.07) is 5.84. The second-order valence-corrected chi connectivity index (χ2v) is 7.79. The van der Waals surface area contributed by atoms with Crippen molar-refractivity contribution in [3.63, 3.8) is 0 Å². The normalized spacial score (nSPS) is 29.2. The zero-order valence-corrected chi connectivity index (χ0v) is 15.2. The van der Waals surface area contributed by atoms with E-state index in [4.69, 9.17) is 0 Å². The van der Waals surface area contributed by atoms with E-state index in [1.54, 1.807) is 0 Å². The minimum Gasteiger partial charge on any atom is -0.326 e. The van der Waals surface area contributed by atoms with Crippen LogP contribution in [0.15, 0.2) is 30.4 Å². The van der Waals surface area contributed by atoms with Crippen molar-refractivity contribution in [3.05, 3.63) is 41.5 Å². The van der Waals surface area contributed by atoms with Gasteiger partial charge in [-0.2, -0.15) is 0 Å². The quantitative estimate of drug-likeness (QED) is 0.669. The molecule has 5 heteroatoms. The molecule has 136 valence electrons. The fraction of sp³-hybridized carbons (Fsp3) is 0.476. The maximum Gasteiger partial charge on any atom is 0.233 e. The molecule has 4 atom stereocenters. The molecule has 2 bridgehead atoms. The Morgan fingerprint density at radius 2 is 1.69 bits per heavy atom. The highest BCUT2D eigenvalue weighted by Gasteiger charge is 2.56. The predicted molar refractivity (Wildman–Crippen MR) is 98.2 cm³/mol. The molecule has 5 rings (SSSR count). The van der Waals surface area contributed by atoms with Crippen LogP contribution in [0, 0.1) is 37.5 Å². The second kappa shape index (κ2) is 6.38. The molecule has 1 heterocycles. The van der Waals surface area contributed by atoms with Gasteiger partial charge in [0.1, 0.15) is 0 Å². The van der Waals surface area contributed by atoms with Crippen LogP contribution in [-0.4, -0.2) is 29.2 Å². The molecular formula is C21H24N2O3. The van der Waals surface area contributed by atoms with Crippen LogP contribution >= 0.6 is 0 Å². The Kier molecular flexibility index (Phi) is 4.17. The molecule has 2 fully saturated rings. The van der Waals surface area contributed by atoms with E-state index < -0.39 is 0 Å². The Morgan fingerprint density at radius 1 is 1.08 bits per heavy atom. The van der Waals surface area contributed by atoms with Gasteiger partial charge in [0.25, 0.3) is 0 Å². The van der Waals surface area contributed by atoms with Gasteiger partial charge >= 0.3 is 0 Å². The van der Waals surface area contributed by atoms with Gasteiger partial charge < -0.3 is 5.32 Å². The van der Waals surface area contributed by atoms with Crippen LogP contribution in [0.5, 0.6) is 0 Å². The summed E-state index contributed by atoms with van der Waals surface area (Å²) in [7, 11) is 0. The number of carbonyl (C=O) groups excluding carboxylic acids is 3. The molecule has 1 saturated carbocycles. The first-order valence-corrected chi connectivity index (χ1v) is 9.36. The van der Waals surface area contributed by atoms with Gasteiger partial charge in [-0.25, -0.2) is 0 Å². The lowest BCUT2D eigenvalue weighted by molar-refractivity contribution is -0.140. The topological polar surface area (TPSA) is 66.5 Å². The number of hydrogen-bond acceptors (Lipinski definition) is 3. The summed E-state index contributed by atoms with van der Waals surface area (Å²) in [6.45, 7) is 4.12. The number of nitrogens with one attached hydrogen (secondary N) is 1. The third kappa shape index (κ3) is 2.75. The summed E-state index contributed by atoms with van der Waals surface area (Å²) in [4.78, 5) is 39.1. The van der Waals surface area contributed by atoms with Gasteiger partial charge in [-0.15, -0.1) is 0 Å². The molecular weight excluding hydrogens is 328 g/mol. The number of likely N-dealkylation sites (tertiary alicyclic amines) is 1. The van der Waals surface area contributed by atoms with Crippen molar-refractivity contribution in [1.29, 1.82) is 0 Å². The van der Waals surface area contributed by atoms with Crippen LogP contribution in [0.3, 0.4) is 0 Å². The summed E-state index contributed by atoms with van der Waals surface area (Å²) in [6.07, 6.45) is 6.32. The molecule has 4 aliphatic rings. The fourth-order valence-electron chi connectivity index (χ4n) is 4.74. The van der Waals surface area contributed by atoms with E-state index in [1.807, 2.05) is 32.0 Å². The molecule has 0 spiro atoms. The molecule has 1 saturated heterocycles. The number of fused-ring (bicyclic) bond motifs is 1. The summed E-state index contributed by atoms with van der Waals surface area (Å²) in [5.41, 5.74) is 2.91. The van der Waals surface area contributed by atoms with Crippen LogP contribution in [0.4, 0.5) is 5.69 Å². The van der Waals surface area contributed by atoms with E-state index in [9.17, 15) is 14.4 Å². The summed E-state index contributed by atoms with van der Waals surface area (Å²) in [5.74, 6) is -0.362. The monoisotopic (exact) mass is 352 g/mol. The Balaban J connectivity index is 1.40. The lowest BCUT2D eigenvalue weighted by Gasteiger charge is -2.38. The van der Waals surface area contributed by atoms with Crippen molar-refractivity contribution < 1.29 is 14.4 Å². The fourth-order valence-corrected chi connectivity index (χ4v) is 4.74. The average Bonchev–Trinajstić information content (AvgIpc) is 2.90. The molecule has 3 amide bonds. The van der Waals surface area contributed by atoms with Crippen molar-refractivity contribution >= 4 is 23.4 Å². The van der Waals surface area contributed by atoms with Crippen molar-refractivity contribution in [2.75, 3.05) is 11.9 Å². The van der Waals surface area contributed by atoms with Crippen molar-refractivity contribution in [2.45, 2.75) is 33.1 Å². The number of anilines is 1. The minimum absolute atomic E-state index is 0.0848. The predicted octanol–water partition coefficient (Wildman–Crippen LogP) is 2.83. The molecule has 1 aromatic rings. The number of benzene rings is 1. The summed E-state index contributed by atoms with van der Waals surface area (Å²) in [5, 5.41) is 2.88. The van der Waals surface area contributed by atoms with Gasteiger partial charge in [0.05, 0.1) is 11.8 Å². The SMILES string of the molecule is Cc1ccc(NC(=O)CCN2C(=O)[C@@H]3[C@H](C2=O)[C@H]2C=C[C@H]3CC2)c(C)c1. The largest absolute Gasteiger partial charge is 0.326 e. The van der Waals surface area contributed by atoms with Gasteiger partial charge in [0, 0.05) is 18.7 Å². The third-order valence-electron chi connectivity index (χ3n) is 6.07. The first kappa shape index (κ1) is 17.0. The Labute approximate surface area is 153 Å². The van der Waals surface area contributed by atoms with E-state index >= 15 is 0 Å². The standard InChI is InChI=1S/C21H24N2O3/c1-12-3-8-16(13(2)11-12)22-17(24)9-10-23-20(25)18-14-4-5-15(7-6-14)19(18)21(23)26/h3-5,8,11,14-15,18-19H,6-7,9-10H2,1-2H3,(H,22,24)/t14-,15-,18-,19+/m0/s1. The first-order valence-electron chi connectivity index (χ1n) is 9.36. The van der Waals surface area contributed by atoms with Crippen LogP contribution in [0.2, 0.25) is 0 Å². The molecule has 1 N–H and O–H groups in total. The first-order chi connectivity index (χ1) is 12.5. The Morgan fingerprint density at radius 3 is 2.23 bits per heavy atom. The molecule has 0 radical (unpaired) electrons. The highest BCUT2D eigenvalue weighted by molar-refractivity contribution is 6.06. The second-order valence-electron chi connectivity index (χ2n) is 7.79. The van der Waals surface area contributed by atoms with Crippen LogP contribution in [-0.2, 0) is 14.4 Å². The van der Waals surface area contributed by atoms with Gasteiger partial charge in [-0.1, -0.05) is 29.8 Å². The minimum atomic E-state index is -0.200. The van der Waals surface area contributed by atoms with Crippen molar-refractivity contribution in [2.24, 2.45) is 23.7 Å². The van der Waals surface area contributed by atoms with E-state index in [1.165, 1.54) is 4.90 Å². The Hall–Kier alpha value is -2.43. The highest BCUT2D eigenvalue weighted by Crippen LogP contribution is 2.49. The molecule has 0 aromatic heterocycles. The number of rotatable bonds is 4. The smallest absolute Gasteiger partial charge is 0.233 e. The van der Waals surface area contributed by atoms with Crippen LogP contribution in [0.1, 0.15) is 30.4 Å². The zero-order chi connectivity index (χ0) is 18.4. The summed E-state index contributed by atoms with van der Waals surface area (Å²) < 4.78 is 0.